The molecule has 1 aromatic heterocycles. The third kappa shape index (κ3) is 2.34. The molecule has 0 atom stereocenters. The third-order valence-corrected chi connectivity index (χ3v) is 5.79. The first-order valence-corrected chi connectivity index (χ1v) is 8.12. The first kappa shape index (κ1) is 12.9. The van der Waals surface area contributed by atoms with E-state index in [1.165, 1.54) is 18.4 Å². The Balaban J connectivity index is 1.80. The summed E-state index contributed by atoms with van der Waals surface area (Å²) in [6.45, 7) is 3.00. The van der Waals surface area contributed by atoms with Crippen molar-refractivity contribution in [3.8, 4) is 0 Å². The Labute approximate surface area is 114 Å². The summed E-state index contributed by atoms with van der Waals surface area (Å²) in [5.74, 6) is 0.719. The maximum atomic E-state index is 12.5. The van der Waals surface area contributed by atoms with Crippen LogP contribution in [0.1, 0.15) is 31.5 Å². The zero-order chi connectivity index (χ0) is 13.6. The number of hydrogen-bond donors (Lipinski definition) is 0. The molecule has 104 valence electrons. The summed E-state index contributed by atoms with van der Waals surface area (Å²) in [6.07, 6.45) is 5.82. The van der Waals surface area contributed by atoms with Crippen molar-refractivity contribution in [3.63, 3.8) is 0 Å². The number of allylic oxidation sites excluding steroid dienone is 1. The maximum Gasteiger partial charge on any atom is 0.262 e. The fraction of sp³-hybridized carbons (Fsp3) is 0.615. The van der Waals surface area contributed by atoms with Crippen LogP contribution in [0.15, 0.2) is 22.4 Å². The molecule has 0 aromatic carbocycles. The summed E-state index contributed by atoms with van der Waals surface area (Å²) in [7, 11) is -1.60. The molecule has 1 saturated carbocycles. The molecule has 2 heterocycles. The molecular formula is C13H19N3O2S. The van der Waals surface area contributed by atoms with Crippen LogP contribution in [0.4, 0.5) is 0 Å². The van der Waals surface area contributed by atoms with Crippen LogP contribution in [0.3, 0.4) is 0 Å². The minimum atomic E-state index is -3.41. The molecule has 5 nitrogen and oxygen atoms in total. The van der Waals surface area contributed by atoms with Gasteiger partial charge in [-0.25, -0.2) is 13.4 Å². The SMILES string of the molecule is Cc1nc(S(=O)(=O)N2CCC(=C3CC3)CC2)cn1C. The number of nitrogens with zero attached hydrogens (tertiary/aromatic N) is 3. The van der Waals surface area contributed by atoms with Crippen molar-refractivity contribution < 1.29 is 8.42 Å². The van der Waals surface area contributed by atoms with E-state index in [0.717, 1.165) is 18.7 Å². The van der Waals surface area contributed by atoms with Crippen LogP contribution in [0.5, 0.6) is 0 Å². The van der Waals surface area contributed by atoms with Gasteiger partial charge in [-0.2, -0.15) is 4.31 Å². The summed E-state index contributed by atoms with van der Waals surface area (Å²) in [5, 5.41) is 0.176. The summed E-state index contributed by atoms with van der Waals surface area (Å²) < 4.78 is 28.3. The molecule has 3 rings (SSSR count). The molecule has 1 aliphatic heterocycles. The highest BCUT2D eigenvalue weighted by Gasteiger charge is 2.31. The van der Waals surface area contributed by atoms with E-state index in [1.54, 1.807) is 20.6 Å². The maximum absolute atomic E-state index is 12.5. The number of rotatable bonds is 2. The summed E-state index contributed by atoms with van der Waals surface area (Å²) in [5.41, 5.74) is 3.05. The zero-order valence-corrected chi connectivity index (χ0v) is 12.2. The second-order valence-electron chi connectivity index (χ2n) is 5.35. The first-order chi connectivity index (χ1) is 8.98. The molecule has 19 heavy (non-hydrogen) atoms. The van der Waals surface area contributed by atoms with Crippen molar-refractivity contribution in [3.05, 3.63) is 23.2 Å². The fourth-order valence-corrected chi connectivity index (χ4v) is 4.02. The molecule has 0 amide bonds. The largest absolute Gasteiger partial charge is 0.337 e. The lowest BCUT2D eigenvalue weighted by Crippen LogP contribution is -2.36. The van der Waals surface area contributed by atoms with Crippen LogP contribution in [0, 0.1) is 6.92 Å². The van der Waals surface area contributed by atoms with Gasteiger partial charge in [-0.3, -0.25) is 0 Å². The Morgan fingerprint density at radius 2 is 1.68 bits per heavy atom. The molecule has 0 unspecified atom stereocenters. The number of sulfonamides is 1. The Hall–Kier alpha value is -1.14. The quantitative estimate of drug-likeness (QED) is 0.774. The third-order valence-electron chi connectivity index (χ3n) is 4.02. The van der Waals surface area contributed by atoms with Gasteiger partial charge in [0.15, 0.2) is 5.03 Å². The molecule has 2 aliphatic rings. The van der Waals surface area contributed by atoms with Gasteiger partial charge >= 0.3 is 0 Å². The van der Waals surface area contributed by atoms with Crippen LogP contribution in [-0.4, -0.2) is 35.4 Å². The van der Waals surface area contributed by atoms with E-state index in [2.05, 4.69) is 4.98 Å². The van der Waals surface area contributed by atoms with Gasteiger partial charge in [0, 0.05) is 26.3 Å². The predicted molar refractivity (Wildman–Crippen MR) is 72.2 cm³/mol. The number of piperidine rings is 1. The number of hydrogen-bond acceptors (Lipinski definition) is 3. The molecule has 0 bridgehead atoms. The van der Waals surface area contributed by atoms with Crippen LogP contribution in [0.25, 0.3) is 0 Å². The van der Waals surface area contributed by atoms with Gasteiger partial charge in [-0.05, 0) is 32.6 Å². The van der Waals surface area contributed by atoms with Gasteiger partial charge in [0.25, 0.3) is 10.0 Å². The molecule has 0 radical (unpaired) electrons. The highest BCUT2D eigenvalue weighted by molar-refractivity contribution is 7.89. The Kier molecular flexibility index (Phi) is 3.02. The average molecular weight is 281 g/mol. The topological polar surface area (TPSA) is 55.2 Å². The predicted octanol–water partition coefficient (Wildman–Crippen LogP) is 1.60. The molecule has 2 fully saturated rings. The van der Waals surface area contributed by atoms with Crippen LogP contribution < -0.4 is 0 Å². The van der Waals surface area contributed by atoms with Crippen molar-refractivity contribution in [1.82, 2.24) is 13.9 Å². The molecule has 1 aliphatic carbocycles. The second kappa shape index (κ2) is 4.45. The van der Waals surface area contributed by atoms with Gasteiger partial charge in [0.1, 0.15) is 5.82 Å². The highest BCUT2D eigenvalue weighted by atomic mass is 32.2. The summed E-state index contributed by atoms with van der Waals surface area (Å²) in [4.78, 5) is 4.14. The monoisotopic (exact) mass is 281 g/mol. The lowest BCUT2D eigenvalue weighted by molar-refractivity contribution is 0.385. The van der Waals surface area contributed by atoms with Crippen LogP contribution >= 0.6 is 0 Å². The summed E-state index contributed by atoms with van der Waals surface area (Å²) >= 11 is 0. The van der Waals surface area contributed by atoms with E-state index in [0.29, 0.717) is 13.1 Å². The van der Waals surface area contributed by atoms with Gasteiger partial charge in [-0.1, -0.05) is 11.1 Å². The first-order valence-electron chi connectivity index (χ1n) is 6.68. The standard InChI is InChI=1S/C13H19N3O2S/c1-10-14-13(9-15(10)2)19(17,18)16-7-5-12(6-8-16)11-3-4-11/h9H,3-8H2,1-2H3. The molecular weight excluding hydrogens is 262 g/mol. The van der Waals surface area contributed by atoms with E-state index < -0.39 is 10.0 Å². The van der Waals surface area contributed by atoms with Crippen molar-refractivity contribution in [2.24, 2.45) is 7.05 Å². The molecule has 1 aromatic rings. The normalized spacial score (nSPS) is 20.9. The zero-order valence-electron chi connectivity index (χ0n) is 11.4. The molecule has 6 heteroatoms. The molecule has 1 saturated heterocycles. The molecule has 0 N–H and O–H groups in total. The summed E-state index contributed by atoms with van der Waals surface area (Å²) in [6, 6.07) is 0. The van der Waals surface area contributed by atoms with Crippen molar-refractivity contribution in [1.29, 1.82) is 0 Å². The highest BCUT2D eigenvalue weighted by Crippen LogP contribution is 2.36. The van der Waals surface area contributed by atoms with Crippen LogP contribution in [0.2, 0.25) is 0 Å². The average Bonchev–Trinajstić information content (AvgIpc) is 3.17. The van der Waals surface area contributed by atoms with Gasteiger partial charge in [0.05, 0.1) is 0 Å². The van der Waals surface area contributed by atoms with E-state index in [1.807, 2.05) is 14.0 Å². The molecule has 0 spiro atoms. The van der Waals surface area contributed by atoms with Gasteiger partial charge < -0.3 is 4.57 Å². The second-order valence-corrected chi connectivity index (χ2v) is 7.23. The van der Waals surface area contributed by atoms with E-state index in [4.69, 9.17) is 0 Å². The Bertz CT molecular complexity index is 607. The van der Waals surface area contributed by atoms with Gasteiger partial charge in [-0.15, -0.1) is 0 Å². The lowest BCUT2D eigenvalue weighted by Gasteiger charge is -2.26. The number of aryl methyl sites for hydroxylation is 2. The van der Waals surface area contributed by atoms with Crippen molar-refractivity contribution in [2.45, 2.75) is 37.6 Å². The van der Waals surface area contributed by atoms with Crippen molar-refractivity contribution >= 4 is 10.0 Å². The van der Waals surface area contributed by atoms with Crippen molar-refractivity contribution in [2.75, 3.05) is 13.1 Å². The van der Waals surface area contributed by atoms with Crippen LogP contribution in [-0.2, 0) is 17.1 Å². The lowest BCUT2D eigenvalue weighted by atomic mass is 10.1. The van der Waals surface area contributed by atoms with E-state index in [9.17, 15) is 8.42 Å². The minimum absolute atomic E-state index is 0.176. The van der Waals surface area contributed by atoms with E-state index in [-0.39, 0.29) is 5.03 Å². The Morgan fingerprint density at radius 1 is 1.11 bits per heavy atom. The van der Waals surface area contributed by atoms with Gasteiger partial charge in [0.2, 0.25) is 0 Å². The number of imidazole rings is 1. The number of aromatic nitrogens is 2. The van der Waals surface area contributed by atoms with E-state index >= 15 is 0 Å². The fourth-order valence-electron chi connectivity index (χ4n) is 2.55. The smallest absolute Gasteiger partial charge is 0.262 e. The Morgan fingerprint density at radius 3 is 2.16 bits per heavy atom. The minimum Gasteiger partial charge on any atom is -0.337 e.